The molecule has 0 fully saturated rings. The molecule has 8 nitrogen and oxygen atoms in total. The number of nitrogens with one attached hydrogen (secondary N) is 1. The number of rotatable bonds is 5. The molecule has 0 saturated carbocycles. The minimum atomic E-state index is -0.884. The van der Waals surface area contributed by atoms with Crippen LogP contribution >= 0.6 is 0 Å². The topological polar surface area (TPSA) is 125 Å². The maximum Gasteiger partial charge on any atom is 0.340 e. The summed E-state index contributed by atoms with van der Waals surface area (Å²) in [5, 5.41) is 2.59. The van der Waals surface area contributed by atoms with E-state index >= 15 is 0 Å². The molecule has 0 atom stereocenters. The summed E-state index contributed by atoms with van der Waals surface area (Å²) in [6.45, 7) is -0.567. The van der Waals surface area contributed by atoms with E-state index in [1.807, 2.05) is 0 Å². The van der Waals surface area contributed by atoms with E-state index in [1.165, 1.54) is 25.3 Å². The summed E-state index contributed by atoms with van der Waals surface area (Å²) >= 11 is 0. The fourth-order valence-electron chi connectivity index (χ4n) is 3.50. The number of ether oxygens (including phenoxy) is 2. The lowest BCUT2D eigenvalue weighted by Gasteiger charge is -2.20. The van der Waals surface area contributed by atoms with Crippen molar-refractivity contribution in [3.05, 3.63) is 88.5 Å². The minimum absolute atomic E-state index is 0.0380. The largest absolute Gasteiger partial charge is 0.497 e. The molecule has 3 N–H and O–H groups in total. The van der Waals surface area contributed by atoms with Gasteiger partial charge in [-0.2, -0.15) is 0 Å². The molecular weight excluding hydrogens is 412 g/mol. The van der Waals surface area contributed by atoms with Crippen molar-refractivity contribution in [1.82, 2.24) is 0 Å². The Kier molecular flexibility index (Phi) is 5.43. The van der Waals surface area contributed by atoms with E-state index in [4.69, 9.17) is 15.2 Å². The summed E-state index contributed by atoms with van der Waals surface area (Å²) in [5.41, 5.74) is 6.90. The zero-order valence-electron chi connectivity index (χ0n) is 17.0. The van der Waals surface area contributed by atoms with Gasteiger partial charge in [0.05, 0.1) is 23.9 Å². The first-order valence-corrected chi connectivity index (χ1v) is 9.62. The van der Waals surface area contributed by atoms with Crippen LogP contribution < -0.4 is 15.8 Å². The number of methoxy groups -OCH3 is 1. The Labute approximate surface area is 182 Å². The third kappa shape index (κ3) is 3.69. The highest BCUT2D eigenvalue weighted by molar-refractivity contribution is 6.30. The summed E-state index contributed by atoms with van der Waals surface area (Å²) in [7, 11) is 1.50. The highest BCUT2D eigenvalue weighted by Crippen LogP contribution is 2.32. The molecule has 160 valence electrons. The molecule has 0 saturated heterocycles. The first-order chi connectivity index (χ1) is 15.4. The molecule has 3 aromatic rings. The standard InChI is InChI=1S/C24H18N2O6/c1-31-14-6-4-5-13(11-14)26-19(27)12-32-24(30)18-10-9-17-20(21(18)25)23(29)16-8-3-2-7-15(16)22(17)28/h2-11H,12,25H2,1H3,(H,26,27). The van der Waals surface area contributed by atoms with Gasteiger partial charge < -0.3 is 20.5 Å². The first-order valence-electron chi connectivity index (χ1n) is 9.62. The number of amides is 1. The third-order valence-corrected chi connectivity index (χ3v) is 5.04. The lowest BCUT2D eigenvalue weighted by atomic mass is 9.82. The van der Waals surface area contributed by atoms with Crippen LogP contribution in [0.2, 0.25) is 0 Å². The molecule has 4 rings (SSSR count). The summed E-state index contributed by atoms with van der Waals surface area (Å²) in [6, 6.07) is 15.8. The summed E-state index contributed by atoms with van der Waals surface area (Å²) in [5.74, 6) is -1.69. The molecular formula is C24H18N2O6. The second kappa shape index (κ2) is 8.35. The van der Waals surface area contributed by atoms with Gasteiger partial charge in [0.15, 0.2) is 18.2 Å². The van der Waals surface area contributed by atoms with Crippen LogP contribution in [0.3, 0.4) is 0 Å². The Morgan fingerprint density at radius 3 is 2.34 bits per heavy atom. The Bertz CT molecular complexity index is 1280. The van der Waals surface area contributed by atoms with Crippen molar-refractivity contribution in [2.24, 2.45) is 0 Å². The highest BCUT2D eigenvalue weighted by atomic mass is 16.5. The van der Waals surface area contributed by atoms with Gasteiger partial charge in [0, 0.05) is 28.4 Å². The van der Waals surface area contributed by atoms with Gasteiger partial charge in [0.25, 0.3) is 5.91 Å². The van der Waals surface area contributed by atoms with E-state index in [9.17, 15) is 19.2 Å². The Hall–Kier alpha value is -4.46. The Morgan fingerprint density at radius 1 is 0.906 bits per heavy atom. The fourth-order valence-corrected chi connectivity index (χ4v) is 3.50. The number of carbonyl (C=O) groups excluding carboxylic acids is 4. The average Bonchev–Trinajstić information content (AvgIpc) is 2.81. The van der Waals surface area contributed by atoms with Crippen LogP contribution in [-0.4, -0.2) is 37.2 Å². The first kappa shape index (κ1) is 20.8. The molecule has 8 heteroatoms. The number of benzene rings is 3. The van der Waals surface area contributed by atoms with E-state index in [0.29, 0.717) is 11.4 Å². The molecule has 1 aliphatic carbocycles. The molecule has 32 heavy (non-hydrogen) atoms. The summed E-state index contributed by atoms with van der Waals surface area (Å²) in [6.07, 6.45) is 0. The maximum absolute atomic E-state index is 12.9. The van der Waals surface area contributed by atoms with Gasteiger partial charge in [-0.25, -0.2) is 4.79 Å². The number of anilines is 2. The predicted octanol–water partition coefficient (Wildman–Crippen LogP) is 2.85. The van der Waals surface area contributed by atoms with Crippen LogP contribution in [0.4, 0.5) is 11.4 Å². The van der Waals surface area contributed by atoms with Crippen molar-refractivity contribution in [2.45, 2.75) is 0 Å². The third-order valence-electron chi connectivity index (χ3n) is 5.04. The van der Waals surface area contributed by atoms with Crippen molar-refractivity contribution in [3.8, 4) is 5.75 Å². The van der Waals surface area contributed by atoms with E-state index < -0.39 is 24.3 Å². The minimum Gasteiger partial charge on any atom is -0.497 e. The van der Waals surface area contributed by atoms with Gasteiger partial charge in [-0.15, -0.1) is 0 Å². The Morgan fingerprint density at radius 2 is 1.62 bits per heavy atom. The van der Waals surface area contributed by atoms with Crippen LogP contribution in [0.5, 0.6) is 5.75 Å². The monoisotopic (exact) mass is 430 g/mol. The van der Waals surface area contributed by atoms with Crippen molar-refractivity contribution in [2.75, 3.05) is 24.8 Å². The molecule has 0 unspecified atom stereocenters. The fraction of sp³-hybridized carbons (Fsp3) is 0.0833. The number of esters is 1. The van der Waals surface area contributed by atoms with Crippen molar-refractivity contribution in [3.63, 3.8) is 0 Å². The van der Waals surface area contributed by atoms with Crippen LogP contribution in [0.1, 0.15) is 42.2 Å². The summed E-state index contributed by atoms with van der Waals surface area (Å²) in [4.78, 5) is 50.3. The lowest BCUT2D eigenvalue weighted by molar-refractivity contribution is -0.119. The molecule has 0 heterocycles. The van der Waals surface area contributed by atoms with Gasteiger partial charge in [0.1, 0.15) is 5.75 Å². The van der Waals surface area contributed by atoms with E-state index in [0.717, 1.165) is 0 Å². The number of carbonyl (C=O) groups is 4. The predicted molar refractivity (Wildman–Crippen MR) is 116 cm³/mol. The van der Waals surface area contributed by atoms with Crippen molar-refractivity contribution in [1.29, 1.82) is 0 Å². The molecule has 1 amide bonds. The molecule has 0 spiro atoms. The summed E-state index contributed by atoms with van der Waals surface area (Å²) < 4.78 is 10.2. The van der Waals surface area contributed by atoms with E-state index in [2.05, 4.69) is 5.32 Å². The van der Waals surface area contributed by atoms with Gasteiger partial charge in [-0.1, -0.05) is 30.3 Å². The van der Waals surface area contributed by atoms with Gasteiger partial charge in [-0.3, -0.25) is 14.4 Å². The van der Waals surface area contributed by atoms with Crippen LogP contribution in [0.25, 0.3) is 0 Å². The highest BCUT2D eigenvalue weighted by Gasteiger charge is 2.33. The second-order valence-corrected chi connectivity index (χ2v) is 7.01. The number of hydrogen-bond acceptors (Lipinski definition) is 7. The number of nitrogen functional groups attached to an aromatic ring is 1. The van der Waals surface area contributed by atoms with Crippen LogP contribution in [0.15, 0.2) is 60.7 Å². The Balaban J connectivity index is 1.51. The molecule has 0 radical (unpaired) electrons. The molecule has 1 aliphatic rings. The molecule has 0 bridgehead atoms. The molecule has 3 aromatic carbocycles. The average molecular weight is 430 g/mol. The SMILES string of the molecule is COc1cccc(NC(=O)COC(=O)c2ccc3c(c2N)C(=O)c2ccccc2C3=O)c1. The number of ketones is 2. The van der Waals surface area contributed by atoms with Crippen LogP contribution in [-0.2, 0) is 9.53 Å². The van der Waals surface area contributed by atoms with Gasteiger partial charge in [0.2, 0.25) is 0 Å². The molecule has 0 aliphatic heterocycles. The van der Waals surface area contributed by atoms with Crippen LogP contribution in [0, 0.1) is 0 Å². The molecule has 0 aromatic heterocycles. The van der Waals surface area contributed by atoms with Gasteiger partial charge >= 0.3 is 5.97 Å². The normalized spacial score (nSPS) is 11.9. The van der Waals surface area contributed by atoms with Crippen molar-refractivity contribution < 1.29 is 28.7 Å². The van der Waals surface area contributed by atoms with Crippen molar-refractivity contribution >= 4 is 34.8 Å². The number of hydrogen-bond donors (Lipinski definition) is 2. The van der Waals surface area contributed by atoms with Gasteiger partial charge in [-0.05, 0) is 24.3 Å². The smallest absolute Gasteiger partial charge is 0.340 e. The van der Waals surface area contributed by atoms with E-state index in [-0.39, 0.29) is 39.3 Å². The number of nitrogens with two attached hydrogens (primary N) is 1. The number of fused-ring (bicyclic) bond motifs is 2. The second-order valence-electron chi connectivity index (χ2n) is 7.01. The zero-order chi connectivity index (χ0) is 22.8. The zero-order valence-corrected chi connectivity index (χ0v) is 17.0. The quantitative estimate of drug-likeness (QED) is 0.368. The maximum atomic E-state index is 12.9. The van der Waals surface area contributed by atoms with E-state index in [1.54, 1.807) is 42.5 Å². The lowest BCUT2D eigenvalue weighted by Crippen LogP contribution is -2.25.